The van der Waals surface area contributed by atoms with Gasteiger partial charge in [-0.25, -0.2) is 0 Å². The molecule has 0 unspecified atom stereocenters. The largest absolute Gasteiger partial charge is 0.391 e. The zero-order valence-corrected chi connectivity index (χ0v) is 9.59. The molecule has 0 spiro atoms. The fraction of sp³-hybridized carbons (Fsp3) is 0.500. The Bertz CT molecular complexity index is 353. The number of hydrogen-bond donors (Lipinski definition) is 2. The Balaban J connectivity index is 2.12. The second-order valence-corrected chi connectivity index (χ2v) is 4.64. The number of rotatable bonds is 2. The van der Waals surface area contributed by atoms with Crippen LogP contribution < -0.4 is 5.32 Å². The number of halogens is 1. The number of aryl methyl sites for hydroxylation is 1. The highest BCUT2D eigenvalue weighted by Crippen LogP contribution is 2.26. The summed E-state index contributed by atoms with van der Waals surface area (Å²) in [7, 11) is 0. The van der Waals surface area contributed by atoms with Crippen molar-refractivity contribution in [3.63, 3.8) is 0 Å². The third-order valence-electron chi connectivity index (χ3n) is 3.02. The van der Waals surface area contributed by atoms with Gasteiger partial charge in [0.25, 0.3) is 0 Å². The molecule has 0 aromatic heterocycles. The number of nitrogens with one attached hydrogen (secondary N) is 1. The van der Waals surface area contributed by atoms with E-state index in [1.807, 2.05) is 25.1 Å². The average Bonchev–Trinajstić information content (AvgIpc) is 2.58. The van der Waals surface area contributed by atoms with Gasteiger partial charge in [0.1, 0.15) is 0 Å². The molecule has 1 aliphatic carbocycles. The topological polar surface area (TPSA) is 32.3 Å². The van der Waals surface area contributed by atoms with E-state index in [0.717, 1.165) is 30.0 Å². The van der Waals surface area contributed by atoms with E-state index in [0.29, 0.717) is 0 Å². The lowest BCUT2D eigenvalue weighted by molar-refractivity contribution is 0.172. The maximum Gasteiger partial charge on any atom is 0.0741 e. The number of benzene rings is 1. The summed E-state index contributed by atoms with van der Waals surface area (Å²) in [4.78, 5) is 0. The van der Waals surface area contributed by atoms with Crippen LogP contribution in [0.1, 0.15) is 24.8 Å². The smallest absolute Gasteiger partial charge is 0.0741 e. The second kappa shape index (κ2) is 4.42. The van der Waals surface area contributed by atoms with Crippen LogP contribution in [0.4, 0.5) is 5.69 Å². The summed E-state index contributed by atoms with van der Waals surface area (Å²) in [5.41, 5.74) is 2.20. The average molecular weight is 226 g/mol. The maximum atomic E-state index is 9.71. The van der Waals surface area contributed by atoms with Crippen LogP contribution in [-0.4, -0.2) is 17.3 Å². The van der Waals surface area contributed by atoms with Gasteiger partial charge in [-0.2, -0.15) is 0 Å². The normalized spacial score (nSPS) is 25.5. The van der Waals surface area contributed by atoms with Crippen molar-refractivity contribution in [2.45, 2.75) is 38.3 Å². The van der Waals surface area contributed by atoms with Crippen LogP contribution >= 0.6 is 11.6 Å². The SMILES string of the molecule is Cc1ccc(Cl)cc1N[C@H]1CCC[C@@H]1O. The van der Waals surface area contributed by atoms with Gasteiger partial charge in [-0.05, 0) is 43.9 Å². The van der Waals surface area contributed by atoms with Gasteiger partial charge >= 0.3 is 0 Å². The first kappa shape index (κ1) is 10.8. The van der Waals surface area contributed by atoms with Crippen molar-refractivity contribution in [1.29, 1.82) is 0 Å². The molecule has 0 saturated heterocycles. The molecule has 1 saturated carbocycles. The molecule has 1 aromatic carbocycles. The van der Waals surface area contributed by atoms with E-state index < -0.39 is 0 Å². The second-order valence-electron chi connectivity index (χ2n) is 4.21. The monoisotopic (exact) mass is 225 g/mol. The minimum Gasteiger partial charge on any atom is -0.391 e. The van der Waals surface area contributed by atoms with Gasteiger partial charge < -0.3 is 10.4 Å². The molecule has 0 amide bonds. The molecular formula is C12H16ClNO. The molecule has 0 radical (unpaired) electrons. The Kier molecular flexibility index (Phi) is 3.17. The van der Waals surface area contributed by atoms with Crippen LogP contribution in [0.25, 0.3) is 0 Å². The quantitative estimate of drug-likeness (QED) is 0.811. The molecule has 2 N–H and O–H groups in total. The van der Waals surface area contributed by atoms with Crippen molar-refractivity contribution in [3.8, 4) is 0 Å². The van der Waals surface area contributed by atoms with Crippen molar-refractivity contribution in [1.82, 2.24) is 0 Å². The third-order valence-corrected chi connectivity index (χ3v) is 3.26. The molecule has 2 rings (SSSR count). The maximum absolute atomic E-state index is 9.71. The van der Waals surface area contributed by atoms with Crippen LogP contribution in [0.2, 0.25) is 5.02 Å². The summed E-state index contributed by atoms with van der Waals surface area (Å²) in [5.74, 6) is 0. The molecule has 2 nitrogen and oxygen atoms in total. The molecular weight excluding hydrogens is 210 g/mol. The van der Waals surface area contributed by atoms with Crippen LogP contribution in [0, 0.1) is 6.92 Å². The molecule has 1 fully saturated rings. The van der Waals surface area contributed by atoms with Gasteiger partial charge in [-0.15, -0.1) is 0 Å². The number of anilines is 1. The summed E-state index contributed by atoms with van der Waals surface area (Å²) in [5, 5.41) is 13.8. The minimum atomic E-state index is -0.219. The molecule has 0 bridgehead atoms. The summed E-state index contributed by atoms with van der Waals surface area (Å²) in [6, 6.07) is 5.98. The predicted molar refractivity (Wildman–Crippen MR) is 63.5 cm³/mol. The lowest BCUT2D eigenvalue weighted by Crippen LogP contribution is -2.28. The van der Waals surface area contributed by atoms with E-state index in [1.165, 1.54) is 5.56 Å². The van der Waals surface area contributed by atoms with Gasteiger partial charge in [0.15, 0.2) is 0 Å². The first-order valence-electron chi connectivity index (χ1n) is 5.37. The molecule has 15 heavy (non-hydrogen) atoms. The van der Waals surface area contributed by atoms with E-state index in [4.69, 9.17) is 11.6 Å². The number of hydrogen-bond acceptors (Lipinski definition) is 2. The third kappa shape index (κ3) is 2.44. The van der Waals surface area contributed by atoms with E-state index in [2.05, 4.69) is 5.32 Å². The Labute approximate surface area is 95.3 Å². The molecule has 1 aromatic rings. The molecule has 1 aliphatic rings. The van der Waals surface area contributed by atoms with Crippen molar-refractivity contribution < 1.29 is 5.11 Å². The minimum absolute atomic E-state index is 0.183. The lowest BCUT2D eigenvalue weighted by Gasteiger charge is -2.19. The van der Waals surface area contributed by atoms with Gasteiger partial charge in [0.2, 0.25) is 0 Å². The van der Waals surface area contributed by atoms with Gasteiger partial charge in [-0.3, -0.25) is 0 Å². The Morgan fingerprint density at radius 2 is 2.20 bits per heavy atom. The zero-order chi connectivity index (χ0) is 10.8. The van der Waals surface area contributed by atoms with Crippen molar-refractivity contribution in [2.24, 2.45) is 0 Å². The van der Waals surface area contributed by atoms with Crippen LogP contribution in [0.3, 0.4) is 0 Å². The fourth-order valence-electron chi connectivity index (χ4n) is 2.06. The molecule has 0 heterocycles. The Morgan fingerprint density at radius 1 is 1.40 bits per heavy atom. The summed E-state index contributed by atoms with van der Waals surface area (Å²) in [6.45, 7) is 2.04. The van der Waals surface area contributed by atoms with Crippen molar-refractivity contribution in [3.05, 3.63) is 28.8 Å². The van der Waals surface area contributed by atoms with Crippen LogP contribution in [0.5, 0.6) is 0 Å². The van der Waals surface area contributed by atoms with Gasteiger partial charge in [-0.1, -0.05) is 17.7 Å². The standard InChI is InChI=1S/C12H16ClNO/c1-8-5-6-9(13)7-11(8)14-10-3-2-4-12(10)15/h5-7,10,12,14-15H,2-4H2,1H3/t10-,12-/m0/s1. The Morgan fingerprint density at radius 3 is 2.87 bits per heavy atom. The van der Waals surface area contributed by atoms with Gasteiger partial charge in [0.05, 0.1) is 12.1 Å². The summed E-state index contributed by atoms with van der Waals surface area (Å²) in [6.07, 6.45) is 2.81. The Hall–Kier alpha value is -0.730. The zero-order valence-electron chi connectivity index (χ0n) is 8.83. The molecule has 2 atom stereocenters. The highest BCUT2D eigenvalue weighted by atomic mass is 35.5. The highest BCUT2D eigenvalue weighted by Gasteiger charge is 2.25. The first-order valence-corrected chi connectivity index (χ1v) is 5.75. The fourth-order valence-corrected chi connectivity index (χ4v) is 2.23. The molecule has 0 aliphatic heterocycles. The first-order chi connectivity index (χ1) is 7.16. The van der Waals surface area contributed by atoms with Gasteiger partial charge in [0, 0.05) is 10.7 Å². The number of aliphatic hydroxyl groups is 1. The number of aliphatic hydroxyl groups excluding tert-OH is 1. The highest BCUT2D eigenvalue weighted by molar-refractivity contribution is 6.30. The van der Waals surface area contributed by atoms with Crippen LogP contribution in [0.15, 0.2) is 18.2 Å². The molecule has 3 heteroatoms. The predicted octanol–water partition coefficient (Wildman–Crippen LogP) is 2.97. The van der Waals surface area contributed by atoms with E-state index in [-0.39, 0.29) is 12.1 Å². The van der Waals surface area contributed by atoms with E-state index in [1.54, 1.807) is 0 Å². The molecule has 82 valence electrons. The lowest BCUT2D eigenvalue weighted by atomic mass is 10.1. The van der Waals surface area contributed by atoms with Crippen molar-refractivity contribution in [2.75, 3.05) is 5.32 Å². The summed E-state index contributed by atoms with van der Waals surface area (Å²) >= 11 is 5.94. The van der Waals surface area contributed by atoms with E-state index in [9.17, 15) is 5.11 Å². The van der Waals surface area contributed by atoms with Crippen LogP contribution in [-0.2, 0) is 0 Å². The summed E-state index contributed by atoms with van der Waals surface area (Å²) < 4.78 is 0. The van der Waals surface area contributed by atoms with E-state index >= 15 is 0 Å². The van der Waals surface area contributed by atoms with Crippen molar-refractivity contribution >= 4 is 17.3 Å².